The fourth-order valence-corrected chi connectivity index (χ4v) is 2.05. The Labute approximate surface area is 109 Å². The largest absolute Gasteiger partial charge is 0.339 e. The topological polar surface area (TPSA) is 66.6 Å². The molecule has 1 saturated heterocycles. The third-order valence-corrected chi connectivity index (χ3v) is 3.25. The van der Waals surface area contributed by atoms with E-state index in [2.05, 4.69) is 0 Å². The number of nitrogens with zero attached hydrogens (tertiary/aromatic N) is 2. The number of nitrogens with two attached hydrogens (primary N) is 1. The van der Waals surface area contributed by atoms with E-state index in [1.165, 1.54) is 0 Å². The van der Waals surface area contributed by atoms with E-state index >= 15 is 0 Å². The smallest absolute Gasteiger partial charge is 0.225 e. The second-order valence-electron chi connectivity index (χ2n) is 5.38. The van der Waals surface area contributed by atoms with E-state index in [-0.39, 0.29) is 23.8 Å². The third kappa shape index (κ3) is 4.29. The summed E-state index contributed by atoms with van der Waals surface area (Å²) in [6, 6.07) is 0.0674. The summed E-state index contributed by atoms with van der Waals surface area (Å²) in [5.74, 6) is 0.368. The van der Waals surface area contributed by atoms with Gasteiger partial charge in [-0.2, -0.15) is 0 Å². The van der Waals surface area contributed by atoms with Gasteiger partial charge in [-0.1, -0.05) is 13.8 Å². The number of carbonyl (C=O) groups is 2. The van der Waals surface area contributed by atoms with Crippen LogP contribution in [0.4, 0.5) is 0 Å². The minimum absolute atomic E-state index is 0.0327. The first-order valence-corrected chi connectivity index (χ1v) is 6.74. The summed E-state index contributed by atoms with van der Waals surface area (Å²) in [7, 11) is 0. The fourth-order valence-electron chi connectivity index (χ4n) is 2.05. The van der Waals surface area contributed by atoms with E-state index < -0.39 is 0 Å². The Morgan fingerprint density at radius 1 is 1.06 bits per heavy atom. The molecule has 0 bridgehead atoms. The summed E-state index contributed by atoms with van der Waals surface area (Å²) in [4.78, 5) is 27.4. The lowest BCUT2D eigenvalue weighted by atomic mass is 10.1. The SMILES string of the molecule is CC(N)CCC(=O)N1CCN(C(=O)C(C)C)CC1. The molecule has 104 valence electrons. The molecule has 2 N–H and O–H groups in total. The van der Waals surface area contributed by atoms with Crippen molar-refractivity contribution in [2.45, 2.75) is 39.7 Å². The first-order valence-electron chi connectivity index (χ1n) is 6.74. The van der Waals surface area contributed by atoms with Crippen molar-refractivity contribution in [3.05, 3.63) is 0 Å². The predicted octanol–water partition coefficient (Wildman–Crippen LogP) is 0.441. The summed E-state index contributed by atoms with van der Waals surface area (Å²) >= 11 is 0. The van der Waals surface area contributed by atoms with Crippen LogP contribution in [0.25, 0.3) is 0 Å². The van der Waals surface area contributed by atoms with Crippen LogP contribution in [0.5, 0.6) is 0 Å². The van der Waals surface area contributed by atoms with Gasteiger partial charge in [0.1, 0.15) is 0 Å². The minimum Gasteiger partial charge on any atom is -0.339 e. The van der Waals surface area contributed by atoms with Gasteiger partial charge in [-0.3, -0.25) is 9.59 Å². The molecule has 0 saturated carbocycles. The first-order chi connectivity index (χ1) is 8.41. The van der Waals surface area contributed by atoms with Crippen LogP contribution in [0.2, 0.25) is 0 Å². The van der Waals surface area contributed by atoms with E-state index in [1.807, 2.05) is 30.6 Å². The third-order valence-electron chi connectivity index (χ3n) is 3.25. The zero-order valence-corrected chi connectivity index (χ0v) is 11.7. The van der Waals surface area contributed by atoms with Gasteiger partial charge in [0.25, 0.3) is 0 Å². The molecule has 0 aliphatic carbocycles. The van der Waals surface area contributed by atoms with Gasteiger partial charge in [0.05, 0.1) is 0 Å². The molecule has 0 aromatic heterocycles. The zero-order valence-electron chi connectivity index (χ0n) is 11.7. The van der Waals surface area contributed by atoms with Crippen LogP contribution in [0, 0.1) is 5.92 Å². The van der Waals surface area contributed by atoms with Gasteiger partial charge in [0.2, 0.25) is 11.8 Å². The van der Waals surface area contributed by atoms with Crippen molar-refractivity contribution in [3.63, 3.8) is 0 Å². The number of amides is 2. The summed E-state index contributed by atoms with van der Waals surface area (Å²) in [5.41, 5.74) is 5.64. The van der Waals surface area contributed by atoms with Crippen LogP contribution < -0.4 is 5.73 Å². The van der Waals surface area contributed by atoms with E-state index in [1.54, 1.807) is 0 Å². The van der Waals surface area contributed by atoms with Crippen molar-refractivity contribution in [2.75, 3.05) is 26.2 Å². The maximum Gasteiger partial charge on any atom is 0.225 e. The van der Waals surface area contributed by atoms with Gasteiger partial charge < -0.3 is 15.5 Å². The molecule has 1 rings (SSSR count). The van der Waals surface area contributed by atoms with E-state index in [4.69, 9.17) is 5.73 Å². The summed E-state index contributed by atoms with van der Waals surface area (Å²) in [6.45, 7) is 8.33. The van der Waals surface area contributed by atoms with Crippen molar-refractivity contribution >= 4 is 11.8 Å². The lowest BCUT2D eigenvalue weighted by Crippen LogP contribution is -2.51. The Balaban J connectivity index is 2.35. The second kappa shape index (κ2) is 6.73. The Bertz CT molecular complexity index is 295. The highest BCUT2D eigenvalue weighted by atomic mass is 16.2. The molecule has 5 heteroatoms. The Kier molecular flexibility index (Phi) is 5.59. The highest BCUT2D eigenvalue weighted by molar-refractivity contribution is 5.79. The van der Waals surface area contributed by atoms with Crippen molar-refractivity contribution in [3.8, 4) is 0 Å². The molecule has 0 radical (unpaired) electrons. The van der Waals surface area contributed by atoms with Crippen molar-refractivity contribution in [1.82, 2.24) is 9.80 Å². The molecule has 18 heavy (non-hydrogen) atoms. The average Bonchev–Trinajstić information content (AvgIpc) is 2.35. The van der Waals surface area contributed by atoms with Crippen LogP contribution in [0.15, 0.2) is 0 Å². The standard InChI is InChI=1S/C13H25N3O2/c1-10(2)13(18)16-8-6-15(7-9-16)12(17)5-4-11(3)14/h10-11H,4-9,14H2,1-3H3. The molecular formula is C13H25N3O2. The van der Waals surface area contributed by atoms with Gasteiger partial charge in [-0.05, 0) is 13.3 Å². The molecule has 1 unspecified atom stereocenters. The molecule has 5 nitrogen and oxygen atoms in total. The van der Waals surface area contributed by atoms with Crippen molar-refractivity contribution < 1.29 is 9.59 Å². The Hall–Kier alpha value is -1.10. The Morgan fingerprint density at radius 3 is 2.00 bits per heavy atom. The number of rotatable bonds is 4. The second-order valence-corrected chi connectivity index (χ2v) is 5.38. The highest BCUT2D eigenvalue weighted by Crippen LogP contribution is 2.09. The lowest BCUT2D eigenvalue weighted by Gasteiger charge is -2.35. The van der Waals surface area contributed by atoms with Gasteiger partial charge in [-0.15, -0.1) is 0 Å². The molecule has 1 atom stereocenters. The van der Waals surface area contributed by atoms with Gasteiger partial charge in [0.15, 0.2) is 0 Å². The molecule has 1 aliphatic heterocycles. The number of hydrogen-bond acceptors (Lipinski definition) is 3. The van der Waals surface area contributed by atoms with Crippen LogP contribution in [0.3, 0.4) is 0 Å². The van der Waals surface area contributed by atoms with Crippen molar-refractivity contribution in [2.24, 2.45) is 11.7 Å². The van der Waals surface area contributed by atoms with Crippen LogP contribution in [0.1, 0.15) is 33.6 Å². The first kappa shape index (κ1) is 15.0. The molecule has 0 spiro atoms. The zero-order chi connectivity index (χ0) is 13.7. The van der Waals surface area contributed by atoms with Crippen LogP contribution in [-0.2, 0) is 9.59 Å². The van der Waals surface area contributed by atoms with E-state index in [9.17, 15) is 9.59 Å². The average molecular weight is 255 g/mol. The molecule has 0 aromatic carbocycles. The van der Waals surface area contributed by atoms with Crippen LogP contribution in [-0.4, -0.2) is 53.8 Å². The quantitative estimate of drug-likeness (QED) is 0.792. The maximum absolute atomic E-state index is 11.9. The molecule has 1 heterocycles. The van der Waals surface area contributed by atoms with Crippen LogP contribution >= 0.6 is 0 Å². The predicted molar refractivity (Wildman–Crippen MR) is 70.9 cm³/mol. The Morgan fingerprint density at radius 2 is 1.56 bits per heavy atom. The van der Waals surface area contributed by atoms with Gasteiger partial charge in [0, 0.05) is 44.6 Å². The normalized spacial score (nSPS) is 18.1. The lowest BCUT2D eigenvalue weighted by molar-refractivity contribution is -0.141. The van der Waals surface area contributed by atoms with E-state index in [0.29, 0.717) is 32.6 Å². The van der Waals surface area contributed by atoms with E-state index in [0.717, 1.165) is 6.42 Å². The molecule has 1 fully saturated rings. The van der Waals surface area contributed by atoms with Gasteiger partial charge >= 0.3 is 0 Å². The summed E-state index contributed by atoms with van der Waals surface area (Å²) in [6.07, 6.45) is 1.24. The highest BCUT2D eigenvalue weighted by Gasteiger charge is 2.24. The molecule has 1 aliphatic rings. The molecular weight excluding hydrogens is 230 g/mol. The minimum atomic E-state index is 0.0327. The number of hydrogen-bond donors (Lipinski definition) is 1. The van der Waals surface area contributed by atoms with Gasteiger partial charge in [-0.25, -0.2) is 0 Å². The maximum atomic E-state index is 11.9. The summed E-state index contributed by atoms with van der Waals surface area (Å²) < 4.78 is 0. The van der Waals surface area contributed by atoms with Crippen molar-refractivity contribution in [1.29, 1.82) is 0 Å². The fraction of sp³-hybridized carbons (Fsp3) is 0.846. The monoisotopic (exact) mass is 255 g/mol. The molecule has 2 amide bonds. The summed E-state index contributed by atoms with van der Waals surface area (Å²) in [5, 5.41) is 0. The number of piperazine rings is 1. The molecule has 0 aromatic rings. The number of carbonyl (C=O) groups excluding carboxylic acids is 2.